The molecule has 0 fully saturated rings. The van der Waals surface area contributed by atoms with Crippen molar-refractivity contribution in [1.29, 1.82) is 0 Å². The third-order valence-corrected chi connectivity index (χ3v) is 4.09. The first kappa shape index (κ1) is 15.0. The Labute approximate surface area is 121 Å². The largest absolute Gasteiger partial charge is 0.395 e. The molecule has 0 saturated heterocycles. The van der Waals surface area contributed by atoms with E-state index in [4.69, 9.17) is 5.11 Å². The second-order valence-electron chi connectivity index (χ2n) is 5.57. The molecule has 0 aromatic heterocycles. The van der Waals surface area contributed by atoms with E-state index in [1.165, 1.54) is 11.1 Å². The zero-order chi connectivity index (χ0) is 14.5. The molecule has 0 saturated carbocycles. The number of carbonyl (C=O) groups is 1. The Morgan fingerprint density at radius 2 is 2.10 bits per heavy atom. The Morgan fingerprint density at radius 1 is 1.35 bits per heavy atom. The van der Waals surface area contributed by atoms with E-state index in [1.54, 1.807) is 0 Å². The number of hydrogen-bond donors (Lipinski definition) is 1. The molecular weight excluding hydrogens is 252 g/mol. The number of aliphatic hydroxyl groups is 1. The van der Waals surface area contributed by atoms with Crippen LogP contribution in [0.5, 0.6) is 0 Å². The summed E-state index contributed by atoms with van der Waals surface area (Å²) in [4.78, 5) is 16.1. The van der Waals surface area contributed by atoms with E-state index < -0.39 is 0 Å². The summed E-state index contributed by atoms with van der Waals surface area (Å²) in [5.41, 5.74) is 2.66. The molecule has 0 bridgehead atoms. The van der Waals surface area contributed by atoms with Gasteiger partial charge in [0.05, 0.1) is 19.2 Å². The van der Waals surface area contributed by atoms with Gasteiger partial charge in [0.25, 0.3) is 0 Å². The lowest BCUT2D eigenvalue weighted by atomic mass is 9.87. The number of nitrogens with zero attached hydrogens (tertiary/aromatic N) is 2. The topological polar surface area (TPSA) is 43.8 Å². The Morgan fingerprint density at radius 3 is 2.85 bits per heavy atom. The molecular formula is C16H24N2O2. The molecule has 1 aromatic rings. The smallest absolute Gasteiger partial charge is 0.236 e. The van der Waals surface area contributed by atoms with Gasteiger partial charge < -0.3 is 10.0 Å². The van der Waals surface area contributed by atoms with Crippen molar-refractivity contribution in [3.63, 3.8) is 0 Å². The normalized spacial score (nSPS) is 17.9. The van der Waals surface area contributed by atoms with Crippen molar-refractivity contribution in [3.8, 4) is 0 Å². The minimum atomic E-state index is 0.0831. The lowest BCUT2D eigenvalue weighted by Crippen LogP contribution is -2.40. The number of benzene rings is 1. The van der Waals surface area contributed by atoms with Gasteiger partial charge in [0.2, 0.25) is 5.91 Å². The molecule has 110 valence electrons. The minimum absolute atomic E-state index is 0.0831. The van der Waals surface area contributed by atoms with Gasteiger partial charge in [0.1, 0.15) is 0 Å². The number of rotatable bonds is 5. The van der Waals surface area contributed by atoms with Crippen LogP contribution in [0.3, 0.4) is 0 Å². The SMILES string of the molecule is CN(CCO)CC(=O)N(C)C1CCCc2ccccc21. The third kappa shape index (κ3) is 3.38. The Balaban J connectivity index is 2.06. The van der Waals surface area contributed by atoms with E-state index in [-0.39, 0.29) is 18.6 Å². The van der Waals surface area contributed by atoms with Crippen molar-refractivity contribution < 1.29 is 9.90 Å². The summed E-state index contributed by atoms with van der Waals surface area (Å²) in [7, 11) is 3.75. The molecule has 1 aliphatic rings. The van der Waals surface area contributed by atoms with Crippen LogP contribution in [0.4, 0.5) is 0 Å². The summed E-state index contributed by atoms with van der Waals surface area (Å²) in [5, 5.41) is 8.90. The second-order valence-corrected chi connectivity index (χ2v) is 5.57. The average Bonchev–Trinajstić information content (AvgIpc) is 2.46. The van der Waals surface area contributed by atoms with Crippen molar-refractivity contribution in [2.75, 3.05) is 33.8 Å². The number of aliphatic hydroxyl groups excluding tert-OH is 1. The van der Waals surface area contributed by atoms with E-state index in [9.17, 15) is 4.79 Å². The monoisotopic (exact) mass is 276 g/mol. The molecule has 1 aliphatic carbocycles. The maximum atomic E-state index is 12.3. The number of fused-ring (bicyclic) bond motifs is 1. The van der Waals surface area contributed by atoms with Gasteiger partial charge >= 0.3 is 0 Å². The van der Waals surface area contributed by atoms with Gasteiger partial charge in [-0.05, 0) is 37.4 Å². The lowest BCUT2D eigenvalue weighted by Gasteiger charge is -2.34. The van der Waals surface area contributed by atoms with Crippen LogP contribution in [0.15, 0.2) is 24.3 Å². The van der Waals surface area contributed by atoms with Crippen LogP contribution in [0.2, 0.25) is 0 Å². The minimum Gasteiger partial charge on any atom is -0.395 e. The Kier molecular flexibility index (Phi) is 5.15. The average molecular weight is 276 g/mol. The zero-order valence-electron chi connectivity index (χ0n) is 12.4. The maximum absolute atomic E-state index is 12.3. The molecule has 0 heterocycles. The molecule has 20 heavy (non-hydrogen) atoms. The predicted molar refractivity (Wildman–Crippen MR) is 79.5 cm³/mol. The molecule has 4 heteroatoms. The third-order valence-electron chi connectivity index (χ3n) is 4.09. The number of carbonyl (C=O) groups excluding carboxylic acids is 1. The van der Waals surface area contributed by atoms with Gasteiger partial charge in [-0.3, -0.25) is 9.69 Å². The molecule has 2 rings (SSSR count). The van der Waals surface area contributed by atoms with E-state index >= 15 is 0 Å². The van der Waals surface area contributed by atoms with Crippen molar-refractivity contribution in [2.24, 2.45) is 0 Å². The first-order valence-corrected chi connectivity index (χ1v) is 7.26. The number of likely N-dealkylation sites (N-methyl/N-ethyl adjacent to an activating group) is 2. The van der Waals surface area contributed by atoms with E-state index in [0.29, 0.717) is 13.1 Å². The quantitative estimate of drug-likeness (QED) is 0.885. The van der Waals surface area contributed by atoms with Gasteiger partial charge in [-0.25, -0.2) is 0 Å². The molecule has 1 unspecified atom stereocenters. The number of hydrogen-bond acceptors (Lipinski definition) is 3. The highest BCUT2D eigenvalue weighted by Gasteiger charge is 2.26. The van der Waals surface area contributed by atoms with Gasteiger partial charge in [0.15, 0.2) is 0 Å². The van der Waals surface area contributed by atoms with Crippen LogP contribution >= 0.6 is 0 Å². The van der Waals surface area contributed by atoms with Crippen LogP contribution in [0.1, 0.15) is 30.0 Å². The zero-order valence-corrected chi connectivity index (χ0v) is 12.4. The Hall–Kier alpha value is -1.39. The standard InChI is InChI=1S/C16H24N2O2/c1-17(10-11-19)12-16(20)18(2)15-9-5-7-13-6-3-4-8-14(13)15/h3-4,6,8,15,19H,5,7,9-12H2,1-2H3. The van der Waals surface area contributed by atoms with Crippen LogP contribution in [-0.2, 0) is 11.2 Å². The summed E-state index contributed by atoms with van der Waals surface area (Å²) in [5.74, 6) is 0.114. The predicted octanol–water partition coefficient (Wildman–Crippen LogP) is 1.45. The fourth-order valence-corrected chi connectivity index (χ4v) is 2.90. The molecule has 1 N–H and O–H groups in total. The van der Waals surface area contributed by atoms with Crippen molar-refractivity contribution >= 4 is 5.91 Å². The highest BCUT2D eigenvalue weighted by molar-refractivity contribution is 5.78. The molecule has 0 spiro atoms. The first-order chi connectivity index (χ1) is 9.63. The summed E-state index contributed by atoms with van der Waals surface area (Å²) >= 11 is 0. The van der Waals surface area contributed by atoms with E-state index in [2.05, 4.69) is 18.2 Å². The fourth-order valence-electron chi connectivity index (χ4n) is 2.90. The Bertz CT molecular complexity index is 462. The van der Waals surface area contributed by atoms with Crippen LogP contribution < -0.4 is 0 Å². The van der Waals surface area contributed by atoms with Crippen molar-refractivity contribution in [1.82, 2.24) is 9.80 Å². The van der Waals surface area contributed by atoms with Crippen molar-refractivity contribution in [2.45, 2.75) is 25.3 Å². The summed E-state index contributed by atoms with van der Waals surface area (Å²) < 4.78 is 0. The van der Waals surface area contributed by atoms with Gasteiger partial charge in [-0.2, -0.15) is 0 Å². The van der Waals surface area contributed by atoms with Crippen LogP contribution in [0, 0.1) is 0 Å². The van der Waals surface area contributed by atoms with E-state index in [1.807, 2.05) is 30.0 Å². The molecule has 1 amide bonds. The van der Waals surface area contributed by atoms with Crippen molar-refractivity contribution in [3.05, 3.63) is 35.4 Å². The van der Waals surface area contributed by atoms with Gasteiger partial charge in [-0.15, -0.1) is 0 Å². The molecule has 0 radical (unpaired) electrons. The summed E-state index contributed by atoms with van der Waals surface area (Å²) in [6.07, 6.45) is 3.27. The van der Waals surface area contributed by atoms with Gasteiger partial charge in [0, 0.05) is 13.6 Å². The molecule has 0 aliphatic heterocycles. The van der Waals surface area contributed by atoms with Gasteiger partial charge in [-0.1, -0.05) is 24.3 Å². The molecule has 1 atom stereocenters. The second kappa shape index (κ2) is 6.86. The summed E-state index contributed by atoms with van der Waals surface area (Å²) in [6, 6.07) is 8.61. The lowest BCUT2D eigenvalue weighted by molar-refractivity contribution is -0.133. The molecule has 1 aromatic carbocycles. The molecule has 4 nitrogen and oxygen atoms in total. The fraction of sp³-hybridized carbons (Fsp3) is 0.562. The maximum Gasteiger partial charge on any atom is 0.236 e. The van der Waals surface area contributed by atoms with Crippen LogP contribution in [-0.4, -0.2) is 54.6 Å². The summed E-state index contributed by atoms with van der Waals surface area (Å²) in [6.45, 7) is 0.969. The highest BCUT2D eigenvalue weighted by atomic mass is 16.3. The highest BCUT2D eigenvalue weighted by Crippen LogP contribution is 2.33. The van der Waals surface area contributed by atoms with Crippen LogP contribution in [0.25, 0.3) is 0 Å². The van der Waals surface area contributed by atoms with E-state index in [0.717, 1.165) is 19.3 Å². The number of amides is 1. The number of aryl methyl sites for hydroxylation is 1. The first-order valence-electron chi connectivity index (χ1n) is 7.26.